The topological polar surface area (TPSA) is 55.4 Å². The van der Waals surface area contributed by atoms with Gasteiger partial charge in [0.25, 0.3) is 0 Å². The number of hydrogen-bond donors (Lipinski definition) is 1. The first-order chi connectivity index (χ1) is 8.81. The number of amides is 1. The van der Waals surface area contributed by atoms with Gasteiger partial charge in [0.05, 0.1) is 0 Å². The summed E-state index contributed by atoms with van der Waals surface area (Å²) in [6, 6.07) is 1.61. The van der Waals surface area contributed by atoms with Gasteiger partial charge in [-0.1, -0.05) is 6.92 Å². The molecule has 1 atom stereocenters. The third-order valence-electron chi connectivity index (χ3n) is 2.49. The first-order valence-corrected chi connectivity index (χ1v) is 7.31. The summed E-state index contributed by atoms with van der Waals surface area (Å²) in [7, 11) is 0. The number of ether oxygens (including phenoxy) is 1. The monoisotopic (exact) mass is 283 g/mol. The van der Waals surface area contributed by atoms with Crippen LogP contribution in [0.2, 0.25) is 0 Å². The molecule has 1 heterocycles. The first kappa shape index (κ1) is 15.7. The van der Waals surface area contributed by atoms with Crippen molar-refractivity contribution < 1.29 is 14.3 Å². The third kappa shape index (κ3) is 5.87. The molecule has 0 aliphatic rings. The minimum Gasteiger partial charge on any atom is -0.444 e. The first-order valence-electron chi connectivity index (χ1n) is 6.36. The third-order valence-corrected chi connectivity index (χ3v) is 3.17. The van der Waals surface area contributed by atoms with Gasteiger partial charge in [-0.25, -0.2) is 4.79 Å². The number of alkyl carbamates (subject to hydrolysis) is 1. The van der Waals surface area contributed by atoms with Gasteiger partial charge in [0.1, 0.15) is 5.60 Å². The van der Waals surface area contributed by atoms with E-state index in [2.05, 4.69) is 5.32 Å². The summed E-state index contributed by atoms with van der Waals surface area (Å²) in [5, 5.41) is 6.43. The minimum absolute atomic E-state index is 0.0455. The van der Waals surface area contributed by atoms with Crippen molar-refractivity contribution in [3.8, 4) is 0 Å². The molecule has 1 rings (SSSR count). The fraction of sp³-hybridized carbons (Fsp3) is 0.571. The number of ketones is 1. The summed E-state index contributed by atoms with van der Waals surface area (Å²) in [5.74, 6) is 0.0455. The summed E-state index contributed by atoms with van der Waals surface area (Å²) >= 11 is 1.49. The zero-order valence-corrected chi connectivity index (χ0v) is 12.7. The standard InChI is InChI=1S/C14H21NO3S/c1-5-11(15-13(17)18-14(2,3)4)8-12(16)10-6-7-19-9-10/h6-7,9,11H,5,8H2,1-4H3,(H,15,17). The Labute approximate surface area is 118 Å². The molecule has 4 nitrogen and oxygen atoms in total. The van der Waals surface area contributed by atoms with E-state index in [9.17, 15) is 9.59 Å². The van der Waals surface area contributed by atoms with Crippen LogP contribution in [-0.2, 0) is 4.74 Å². The zero-order chi connectivity index (χ0) is 14.5. The second-order valence-electron chi connectivity index (χ2n) is 5.39. The van der Waals surface area contributed by atoms with Gasteiger partial charge in [-0.05, 0) is 38.6 Å². The fourth-order valence-electron chi connectivity index (χ4n) is 1.54. The maximum absolute atomic E-state index is 12.0. The summed E-state index contributed by atoms with van der Waals surface area (Å²) in [4.78, 5) is 23.6. The number of carbonyl (C=O) groups is 2. The van der Waals surface area contributed by atoms with Gasteiger partial charge >= 0.3 is 6.09 Å². The Hall–Kier alpha value is -1.36. The normalized spacial score (nSPS) is 12.8. The lowest BCUT2D eigenvalue weighted by Crippen LogP contribution is -2.39. The number of carbonyl (C=O) groups excluding carboxylic acids is 2. The summed E-state index contributed by atoms with van der Waals surface area (Å²) in [6.07, 6.45) is 0.513. The lowest BCUT2D eigenvalue weighted by Gasteiger charge is -2.22. The van der Waals surface area contributed by atoms with Gasteiger partial charge in [-0.15, -0.1) is 0 Å². The van der Waals surface area contributed by atoms with Crippen LogP contribution >= 0.6 is 11.3 Å². The second-order valence-corrected chi connectivity index (χ2v) is 6.17. The number of thiophene rings is 1. The Morgan fingerprint density at radius 3 is 2.58 bits per heavy atom. The zero-order valence-electron chi connectivity index (χ0n) is 11.9. The molecule has 0 saturated carbocycles. The minimum atomic E-state index is -0.528. The van der Waals surface area contributed by atoms with Gasteiger partial charge in [0, 0.05) is 23.4 Å². The van der Waals surface area contributed by atoms with Crippen LogP contribution in [0.4, 0.5) is 4.79 Å². The molecule has 1 N–H and O–H groups in total. The maximum atomic E-state index is 12.0. The molecule has 1 unspecified atom stereocenters. The summed E-state index contributed by atoms with van der Waals surface area (Å²) < 4.78 is 5.18. The van der Waals surface area contributed by atoms with Gasteiger partial charge in [0.2, 0.25) is 0 Å². The largest absolute Gasteiger partial charge is 0.444 e. The van der Waals surface area contributed by atoms with E-state index < -0.39 is 11.7 Å². The number of nitrogens with one attached hydrogen (secondary N) is 1. The van der Waals surface area contributed by atoms with Crippen LogP contribution in [0.5, 0.6) is 0 Å². The van der Waals surface area contributed by atoms with E-state index in [4.69, 9.17) is 4.74 Å². The molecule has 0 aliphatic carbocycles. The van der Waals surface area contributed by atoms with Crippen molar-refractivity contribution in [1.82, 2.24) is 5.32 Å². The molecule has 0 saturated heterocycles. The molecule has 0 fully saturated rings. The van der Waals surface area contributed by atoms with Crippen molar-refractivity contribution in [3.05, 3.63) is 22.4 Å². The predicted octanol–water partition coefficient (Wildman–Crippen LogP) is 3.62. The van der Waals surface area contributed by atoms with Crippen molar-refractivity contribution in [3.63, 3.8) is 0 Å². The molecule has 5 heteroatoms. The van der Waals surface area contributed by atoms with Crippen LogP contribution in [-0.4, -0.2) is 23.5 Å². The fourth-order valence-corrected chi connectivity index (χ4v) is 2.20. The van der Waals surface area contributed by atoms with E-state index in [-0.39, 0.29) is 11.8 Å². The van der Waals surface area contributed by atoms with Crippen LogP contribution in [0.25, 0.3) is 0 Å². The number of Topliss-reactive ketones (excluding diaryl/α,β-unsaturated/α-hetero) is 1. The van der Waals surface area contributed by atoms with Gasteiger partial charge < -0.3 is 10.1 Å². The Bertz CT molecular complexity index is 420. The van der Waals surface area contributed by atoms with Crippen LogP contribution in [0.1, 0.15) is 50.9 Å². The van der Waals surface area contributed by atoms with E-state index >= 15 is 0 Å². The molecule has 1 amide bonds. The molecule has 106 valence electrons. The van der Waals surface area contributed by atoms with Crippen molar-refractivity contribution in [2.45, 2.75) is 52.2 Å². The van der Waals surface area contributed by atoms with Crippen molar-refractivity contribution in [1.29, 1.82) is 0 Å². The van der Waals surface area contributed by atoms with Crippen molar-refractivity contribution in [2.24, 2.45) is 0 Å². The second kappa shape index (κ2) is 6.70. The van der Waals surface area contributed by atoms with Crippen LogP contribution < -0.4 is 5.32 Å². The summed E-state index contributed by atoms with van der Waals surface area (Å²) in [6.45, 7) is 7.36. The Kier molecular flexibility index (Phi) is 5.54. The lowest BCUT2D eigenvalue weighted by atomic mass is 10.0. The van der Waals surface area contributed by atoms with Crippen LogP contribution in [0, 0.1) is 0 Å². The van der Waals surface area contributed by atoms with E-state index in [1.165, 1.54) is 11.3 Å². The van der Waals surface area contributed by atoms with Gasteiger partial charge in [0.15, 0.2) is 5.78 Å². The van der Waals surface area contributed by atoms with Crippen molar-refractivity contribution >= 4 is 23.2 Å². The van der Waals surface area contributed by atoms with Gasteiger partial charge in [-0.2, -0.15) is 11.3 Å². The van der Waals surface area contributed by atoms with E-state index in [1.807, 2.05) is 38.5 Å². The van der Waals surface area contributed by atoms with E-state index in [0.29, 0.717) is 18.4 Å². The Balaban J connectivity index is 2.50. The van der Waals surface area contributed by atoms with Crippen LogP contribution in [0.3, 0.4) is 0 Å². The van der Waals surface area contributed by atoms with Crippen LogP contribution in [0.15, 0.2) is 16.8 Å². The molecular formula is C14H21NO3S. The molecule has 1 aromatic rings. The number of hydrogen-bond acceptors (Lipinski definition) is 4. The lowest BCUT2D eigenvalue weighted by molar-refractivity contribution is 0.0500. The molecule has 1 aromatic heterocycles. The highest BCUT2D eigenvalue weighted by molar-refractivity contribution is 7.08. The number of rotatable bonds is 5. The van der Waals surface area contributed by atoms with E-state index in [1.54, 1.807) is 6.07 Å². The SMILES string of the molecule is CCC(CC(=O)c1ccsc1)NC(=O)OC(C)(C)C. The Morgan fingerprint density at radius 2 is 2.11 bits per heavy atom. The Morgan fingerprint density at radius 1 is 1.42 bits per heavy atom. The smallest absolute Gasteiger partial charge is 0.407 e. The molecule has 0 spiro atoms. The quantitative estimate of drug-likeness (QED) is 0.840. The molecular weight excluding hydrogens is 262 g/mol. The molecule has 0 aromatic carbocycles. The average Bonchev–Trinajstić information content (AvgIpc) is 2.78. The summed E-state index contributed by atoms with van der Waals surface area (Å²) in [5.41, 5.74) is 0.175. The molecule has 0 bridgehead atoms. The molecule has 0 aliphatic heterocycles. The highest BCUT2D eigenvalue weighted by Crippen LogP contribution is 2.12. The van der Waals surface area contributed by atoms with E-state index in [0.717, 1.165) is 0 Å². The maximum Gasteiger partial charge on any atom is 0.407 e. The highest BCUT2D eigenvalue weighted by Gasteiger charge is 2.20. The van der Waals surface area contributed by atoms with Crippen molar-refractivity contribution in [2.75, 3.05) is 0 Å². The average molecular weight is 283 g/mol. The highest BCUT2D eigenvalue weighted by atomic mass is 32.1. The van der Waals surface area contributed by atoms with Gasteiger partial charge in [-0.3, -0.25) is 4.79 Å². The molecule has 0 radical (unpaired) electrons. The predicted molar refractivity (Wildman–Crippen MR) is 76.7 cm³/mol. The molecule has 19 heavy (non-hydrogen) atoms.